The Morgan fingerprint density at radius 1 is 1.12 bits per heavy atom. The first-order valence-corrected chi connectivity index (χ1v) is 14.3. The molecule has 0 saturated heterocycles. The fourth-order valence-electron chi connectivity index (χ4n) is 2.40. The summed E-state index contributed by atoms with van der Waals surface area (Å²) in [5.41, 5.74) is 2.47. The van der Waals surface area contributed by atoms with Crippen LogP contribution in [0.4, 0.5) is 0 Å². The fourth-order valence-corrected chi connectivity index (χ4v) is 2.89. The maximum atomic E-state index is 10.9. The van der Waals surface area contributed by atoms with Crippen LogP contribution in [0.3, 0.4) is 0 Å². The molecule has 3 rings (SSSR count). The summed E-state index contributed by atoms with van der Waals surface area (Å²) in [6.07, 6.45) is 2.00. The predicted molar refractivity (Wildman–Crippen MR) is 95.7 cm³/mol. The van der Waals surface area contributed by atoms with Crippen molar-refractivity contribution in [1.82, 2.24) is 14.5 Å². The monoisotopic (exact) mass is 582 g/mol. The summed E-state index contributed by atoms with van der Waals surface area (Å²) < 4.78 is 32.6. The van der Waals surface area contributed by atoms with Crippen molar-refractivity contribution in [2.24, 2.45) is 0 Å². The number of hydrogen-bond acceptors (Lipinski definition) is 4. The van der Waals surface area contributed by atoms with Crippen LogP contribution in [-0.2, 0) is 33.1 Å². The summed E-state index contributed by atoms with van der Waals surface area (Å²) >= 11 is -0.472. The first-order chi connectivity index (χ1) is 12.0. The van der Waals surface area contributed by atoms with E-state index in [-0.39, 0.29) is 5.75 Å². The number of imidazole rings is 1. The fraction of sp³-hybridized carbons (Fsp3) is 0.200. The standard InChI is InChI=1S/C15H15N3O3S.2ClH.Pt/c19-22(20,21)11-5-10-18-14-8-2-1-6-12(14)17-15(18)13-7-3-4-9-16-13;;;/h1-4,6-9H,5,10-11H2,(H,19,20,21);2*1H;/q;;;+2/p-2. The molecule has 0 aliphatic rings. The molecule has 0 unspecified atom stereocenters. The molecular formula is C15H15Cl2N3O3PtS. The van der Waals surface area contributed by atoms with Gasteiger partial charge < -0.3 is 4.57 Å². The van der Waals surface area contributed by atoms with Gasteiger partial charge in [0.05, 0.1) is 16.8 Å². The molecule has 10 heteroatoms. The summed E-state index contributed by atoms with van der Waals surface area (Å²) in [6.45, 7) is 0.437. The Balaban J connectivity index is 0.000000701. The predicted octanol–water partition coefficient (Wildman–Crippen LogP) is 3.75. The van der Waals surface area contributed by atoms with Crippen LogP contribution in [0, 0.1) is 0 Å². The molecule has 2 aromatic heterocycles. The number of fused-ring (bicyclic) bond motifs is 1. The SMILES string of the molecule is O=S(=O)(O)CCCn1c(-c2ccccn2)nc2ccccc21.[Cl][Pt][Cl]. The number of halogens is 2. The average molecular weight is 583 g/mol. The van der Waals surface area contributed by atoms with Crippen LogP contribution in [0.1, 0.15) is 6.42 Å². The Labute approximate surface area is 162 Å². The zero-order chi connectivity index (χ0) is 18.3. The van der Waals surface area contributed by atoms with Gasteiger partial charge in [0.1, 0.15) is 5.69 Å². The van der Waals surface area contributed by atoms with E-state index < -0.39 is 26.6 Å². The Morgan fingerprint density at radius 2 is 1.80 bits per heavy atom. The molecule has 0 fully saturated rings. The second-order valence-electron chi connectivity index (χ2n) is 4.98. The van der Waals surface area contributed by atoms with E-state index in [2.05, 4.69) is 9.97 Å². The molecule has 1 N–H and O–H groups in total. The third kappa shape index (κ3) is 6.04. The van der Waals surface area contributed by atoms with Gasteiger partial charge in [0.15, 0.2) is 5.82 Å². The zero-order valence-corrected chi connectivity index (χ0v) is 17.4. The second kappa shape index (κ2) is 9.64. The molecule has 0 atom stereocenters. The van der Waals surface area contributed by atoms with Gasteiger partial charge in [-0.3, -0.25) is 9.54 Å². The summed E-state index contributed by atoms with van der Waals surface area (Å²) in [5.74, 6) is 0.415. The molecule has 6 nitrogen and oxygen atoms in total. The summed E-state index contributed by atoms with van der Waals surface area (Å²) in [5, 5.41) is 0. The topological polar surface area (TPSA) is 85.1 Å². The molecule has 1 aromatic carbocycles. The van der Waals surface area contributed by atoms with Gasteiger partial charge in [-0.05, 0) is 30.7 Å². The number of pyridine rings is 1. The third-order valence-electron chi connectivity index (χ3n) is 3.33. The van der Waals surface area contributed by atoms with Crippen LogP contribution in [-0.4, -0.2) is 33.3 Å². The number of nitrogens with zero attached hydrogens (tertiary/aromatic N) is 3. The Morgan fingerprint density at radius 3 is 2.44 bits per heavy atom. The summed E-state index contributed by atoms with van der Waals surface area (Å²) in [4.78, 5) is 8.90. The number of para-hydroxylation sites is 2. The molecule has 138 valence electrons. The van der Waals surface area contributed by atoms with Crippen LogP contribution in [0.25, 0.3) is 22.6 Å². The van der Waals surface area contributed by atoms with Gasteiger partial charge in [0.2, 0.25) is 0 Å². The van der Waals surface area contributed by atoms with E-state index in [1.54, 1.807) is 6.20 Å². The normalized spacial score (nSPS) is 11.3. The first-order valence-electron chi connectivity index (χ1n) is 7.10. The first kappa shape index (κ1) is 20.3. The van der Waals surface area contributed by atoms with Gasteiger partial charge >= 0.3 is 35.3 Å². The quantitative estimate of drug-likeness (QED) is 0.463. The van der Waals surface area contributed by atoms with E-state index in [9.17, 15) is 8.42 Å². The van der Waals surface area contributed by atoms with Crippen LogP contribution in [0.2, 0.25) is 0 Å². The average Bonchev–Trinajstić information content (AvgIpc) is 2.94. The molecule has 0 aliphatic heterocycles. The van der Waals surface area contributed by atoms with Gasteiger partial charge in [0.25, 0.3) is 10.1 Å². The molecule has 0 amide bonds. The summed E-state index contributed by atoms with van der Waals surface area (Å²) in [6, 6.07) is 13.2. The molecule has 3 aromatic rings. The molecular weight excluding hydrogens is 568 g/mol. The molecule has 2 heterocycles. The van der Waals surface area contributed by atoms with Crippen LogP contribution in [0.5, 0.6) is 0 Å². The second-order valence-corrected chi connectivity index (χ2v) is 9.83. The molecule has 0 aliphatic carbocycles. The summed E-state index contributed by atoms with van der Waals surface area (Å²) in [7, 11) is 5.79. The van der Waals surface area contributed by atoms with E-state index in [1.165, 1.54) is 0 Å². The van der Waals surface area contributed by atoms with Crippen LogP contribution >= 0.6 is 18.8 Å². The number of benzene rings is 1. The van der Waals surface area contributed by atoms with E-state index in [0.717, 1.165) is 16.7 Å². The molecule has 0 saturated carbocycles. The molecule has 0 spiro atoms. The van der Waals surface area contributed by atoms with E-state index in [0.29, 0.717) is 18.8 Å². The van der Waals surface area contributed by atoms with Gasteiger partial charge in [-0.2, -0.15) is 8.42 Å². The number of aromatic nitrogens is 3. The Bertz CT molecular complexity index is 920. The van der Waals surface area contributed by atoms with Gasteiger partial charge in [-0.15, -0.1) is 0 Å². The van der Waals surface area contributed by atoms with Crippen LogP contribution in [0.15, 0.2) is 48.7 Å². The van der Waals surface area contributed by atoms with Crippen molar-refractivity contribution in [2.45, 2.75) is 13.0 Å². The van der Waals surface area contributed by atoms with E-state index >= 15 is 0 Å². The number of hydrogen-bond donors (Lipinski definition) is 1. The van der Waals surface area contributed by atoms with Crippen molar-refractivity contribution in [3.63, 3.8) is 0 Å². The Hall–Kier alpha value is -0.982. The van der Waals surface area contributed by atoms with Crippen molar-refractivity contribution < 1.29 is 29.5 Å². The van der Waals surface area contributed by atoms with E-state index in [1.807, 2.05) is 47.0 Å². The molecule has 0 radical (unpaired) electrons. The number of aryl methyl sites for hydroxylation is 1. The minimum atomic E-state index is -3.96. The van der Waals surface area contributed by atoms with Crippen molar-refractivity contribution in [2.75, 3.05) is 5.75 Å². The number of rotatable bonds is 5. The molecule has 25 heavy (non-hydrogen) atoms. The van der Waals surface area contributed by atoms with Crippen molar-refractivity contribution in [3.05, 3.63) is 48.7 Å². The van der Waals surface area contributed by atoms with Crippen molar-refractivity contribution in [1.29, 1.82) is 0 Å². The van der Waals surface area contributed by atoms with Gasteiger partial charge in [-0.25, -0.2) is 4.98 Å². The van der Waals surface area contributed by atoms with Crippen LogP contribution < -0.4 is 0 Å². The van der Waals surface area contributed by atoms with E-state index in [4.69, 9.17) is 23.4 Å². The maximum absolute atomic E-state index is 10.9. The van der Waals surface area contributed by atoms with Crippen molar-refractivity contribution in [3.8, 4) is 11.5 Å². The Kier molecular flexibility index (Phi) is 7.84. The molecule has 0 bridgehead atoms. The third-order valence-corrected chi connectivity index (χ3v) is 4.14. The van der Waals surface area contributed by atoms with Crippen molar-refractivity contribution >= 4 is 40.0 Å². The minimum absolute atomic E-state index is 0.277. The van der Waals surface area contributed by atoms with Gasteiger partial charge in [-0.1, -0.05) is 18.2 Å². The van der Waals surface area contributed by atoms with Gasteiger partial charge in [0, 0.05) is 12.7 Å². The zero-order valence-electron chi connectivity index (χ0n) is 12.8.